The summed E-state index contributed by atoms with van der Waals surface area (Å²) in [5.41, 5.74) is -1.13. The highest BCUT2D eigenvalue weighted by Gasteiger charge is 2.41. The van der Waals surface area contributed by atoms with Crippen LogP contribution in [0.1, 0.15) is 32.9 Å². The molecular formula is C13H19F3N2O3S. The molecule has 22 heavy (non-hydrogen) atoms. The number of rotatable bonds is 6. The number of pyridine rings is 1. The van der Waals surface area contributed by atoms with Gasteiger partial charge in [0.2, 0.25) is 0 Å². The van der Waals surface area contributed by atoms with Crippen LogP contribution in [0.5, 0.6) is 0 Å². The summed E-state index contributed by atoms with van der Waals surface area (Å²) in [5, 5.41) is 12.4. The first-order chi connectivity index (χ1) is 9.91. The molecule has 1 heterocycles. The number of aliphatic hydroxyl groups is 1. The first-order valence-electron chi connectivity index (χ1n) is 6.63. The van der Waals surface area contributed by atoms with E-state index in [1.807, 2.05) is 0 Å². The second-order valence-corrected chi connectivity index (χ2v) is 8.06. The summed E-state index contributed by atoms with van der Waals surface area (Å²) in [6.07, 6.45) is -5.84. The van der Waals surface area contributed by atoms with Gasteiger partial charge in [0.1, 0.15) is 22.5 Å². The van der Waals surface area contributed by atoms with Crippen molar-refractivity contribution in [3.63, 3.8) is 0 Å². The van der Waals surface area contributed by atoms with Gasteiger partial charge in [0, 0.05) is 0 Å². The minimum Gasteiger partial charge on any atom is -0.372 e. The van der Waals surface area contributed by atoms with E-state index < -0.39 is 32.7 Å². The summed E-state index contributed by atoms with van der Waals surface area (Å²) >= 11 is 0. The van der Waals surface area contributed by atoms with Crippen LogP contribution in [0.4, 0.5) is 19.0 Å². The van der Waals surface area contributed by atoms with E-state index in [0.717, 1.165) is 12.1 Å². The van der Waals surface area contributed by atoms with Crippen molar-refractivity contribution in [1.29, 1.82) is 0 Å². The number of nitrogens with zero attached hydrogens (tertiary/aromatic N) is 1. The maximum absolute atomic E-state index is 12.6. The lowest BCUT2D eigenvalue weighted by atomic mass is 10.1. The van der Waals surface area contributed by atoms with Crippen LogP contribution >= 0.6 is 0 Å². The number of nitrogens with one attached hydrogen (secondary N) is 1. The van der Waals surface area contributed by atoms with Gasteiger partial charge in [-0.2, -0.15) is 13.2 Å². The molecule has 0 saturated carbocycles. The van der Waals surface area contributed by atoms with Gasteiger partial charge < -0.3 is 10.4 Å². The van der Waals surface area contributed by atoms with Crippen molar-refractivity contribution >= 4 is 15.7 Å². The fourth-order valence-electron chi connectivity index (χ4n) is 1.69. The van der Waals surface area contributed by atoms with E-state index >= 15 is 0 Å². The van der Waals surface area contributed by atoms with Crippen molar-refractivity contribution in [2.45, 2.75) is 44.3 Å². The average molecular weight is 340 g/mol. The van der Waals surface area contributed by atoms with Crippen LogP contribution in [0.3, 0.4) is 0 Å². The Kier molecular flexibility index (Phi) is 5.45. The summed E-state index contributed by atoms with van der Waals surface area (Å²) in [6.45, 7) is 4.30. The summed E-state index contributed by atoms with van der Waals surface area (Å²) < 4.78 is 60.4. The number of hydrogen-bond donors (Lipinski definition) is 2. The lowest BCUT2D eigenvalue weighted by molar-refractivity contribution is -0.141. The molecule has 1 rings (SSSR count). The molecule has 1 atom stereocenters. The van der Waals surface area contributed by atoms with E-state index in [-0.39, 0.29) is 11.6 Å². The van der Waals surface area contributed by atoms with Gasteiger partial charge in [-0.05, 0) is 32.4 Å². The molecule has 0 fully saturated rings. The van der Waals surface area contributed by atoms with Crippen LogP contribution in [-0.2, 0) is 16.0 Å². The molecule has 0 saturated heterocycles. The summed E-state index contributed by atoms with van der Waals surface area (Å²) in [4.78, 5) is 3.33. The van der Waals surface area contributed by atoms with E-state index in [9.17, 15) is 26.7 Å². The van der Waals surface area contributed by atoms with Crippen molar-refractivity contribution in [3.05, 3.63) is 23.9 Å². The predicted octanol–water partition coefficient (Wildman–Crippen LogP) is 2.43. The van der Waals surface area contributed by atoms with Crippen molar-refractivity contribution in [2.24, 2.45) is 0 Å². The number of sulfone groups is 1. The Morgan fingerprint density at radius 2 is 1.91 bits per heavy atom. The molecule has 1 aromatic heterocycles. The number of aliphatic hydroxyl groups excluding tert-OH is 1. The van der Waals surface area contributed by atoms with Crippen molar-refractivity contribution < 1.29 is 26.7 Å². The summed E-state index contributed by atoms with van der Waals surface area (Å²) in [7, 11) is -3.63. The number of aromatic nitrogens is 1. The Bertz CT molecular complexity index is 615. The molecular weight excluding hydrogens is 321 g/mol. The molecule has 9 heteroatoms. The van der Waals surface area contributed by atoms with E-state index in [4.69, 9.17) is 0 Å². The molecule has 2 N–H and O–H groups in total. The van der Waals surface area contributed by atoms with Gasteiger partial charge >= 0.3 is 6.18 Å². The van der Waals surface area contributed by atoms with Crippen LogP contribution in [0, 0.1) is 0 Å². The highest BCUT2D eigenvalue weighted by atomic mass is 32.2. The standard InChI is InChI=1S/C13H19F3N2O3S/c1-4-8-22(20,21)12(2,3)11(19)18-10-7-5-6-9(17-10)13(14,15)16/h5-7,11,19H,4,8H2,1-3H3,(H,17,18). The third kappa shape index (κ3) is 4.10. The minimum atomic E-state index is -4.62. The predicted molar refractivity (Wildman–Crippen MR) is 77.0 cm³/mol. The fraction of sp³-hybridized carbons (Fsp3) is 0.615. The molecule has 0 amide bonds. The largest absolute Gasteiger partial charge is 0.433 e. The maximum Gasteiger partial charge on any atom is 0.433 e. The van der Waals surface area contributed by atoms with E-state index in [1.165, 1.54) is 19.9 Å². The van der Waals surface area contributed by atoms with E-state index in [2.05, 4.69) is 10.3 Å². The van der Waals surface area contributed by atoms with E-state index in [1.54, 1.807) is 6.92 Å². The molecule has 126 valence electrons. The quantitative estimate of drug-likeness (QED) is 0.778. The maximum atomic E-state index is 12.6. The molecule has 0 spiro atoms. The molecule has 0 aliphatic rings. The Balaban J connectivity index is 3.00. The third-order valence-corrected chi connectivity index (χ3v) is 6.03. The highest BCUT2D eigenvalue weighted by Crippen LogP contribution is 2.29. The molecule has 0 bridgehead atoms. The van der Waals surface area contributed by atoms with Gasteiger partial charge in [-0.25, -0.2) is 13.4 Å². The van der Waals surface area contributed by atoms with Crippen molar-refractivity contribution in [1.82, 2.24) is 4.98 Å². The van der Waals surface area contributed by atoms with Gasteiger partial charge in [0.15, 0.2) is 9.84 Å². The summed E-state index contributed by atoms with van der Waals surface area (Å²) in [5.74, 6) is -0.378. The van der Waals surface area contributed by atoms with Crippen LogP contribution in [0.15, 0.2) is 18.2 Å². The molecule has 0 radical (unpaired) electrons. The first-order valence-corrected chi connectivity index (χ1v) is 8.28. The number of anilines is 1. The van der Waals surface area contributed by atoms with Crippen molar-refractivity contribution in [2.75, 3.05) is 11.1 Å². The zero-order chi connectivity index (χ0) is 17.2. The zero-order valence-corrected chi connectivity index (χ0v) is 13.3. The number of alkyl halides is 3. The molecule has 0 aliphatic heterocycles. The molecule has 0 aromatic carbocycles. The Morgan fingerprint density at radius 1 is 1.32 bits per heavy atom. The first kappa shape index (κ1) is 18.7. The number of halogens is 3. The summed E-state index contributed by atoms with van der Waals surface area (Å²) in [6, 6.07) is 3.13. The van der Waals surface area contributed by atoms with E-state index in [0.29, 0.717) is 6.42 Å². The minimum absolute atomic E-state index is 0.130. The van der Waals surface area contributed by atoms with Gasteiger partial charge in [0.05, 0.1) is 5.75 Å². The number of hydrogen-bond acceptors (Lipinski definition) is 5. The Labute approximate surface area is 127 Å². The second-order valence-electron chi connectivity index (χ2n) is 5.38. The Morgan fingerprint density at radius 3 is 2.41 bits per heavy atom. The SMILES string of the molecule is CCCS(=O)(=O)C(C)(C)C(O)Nc1cccc(C(F)(F)F)n1. The van der Waals surface area contributed by atoms with Crippen LogP contribution in [0.25, 0.3) is 0 Å². The smallest absolute Gasteiger partial charge is 0.372 e. The topological polar surface area (TPSA) is 79.3 Å². The van der Waals surface area contributed by atoms with Gasteiger partial charge in [-0.3, -0.25) is 0 Å². The zero-order valence-electron chi connectivity index (χ0n) is 12.5. The Hall–Kier alpha value is -1.35. The monoisotopic (exact) mass is 340 g/mol. The normalized spacial score (nSPS) is 14.7. The van der Waals surface area contributed by atoms with Crippen LogP contribution < -0.4 is 5.32 Å². The second kappa shape index (κ2) is 6.41. The lowest BCUT2D eigenvalue weighted by Gasteiger charge is -2.31. The van der Waals surface area contributed by atoms with Gasteiger partial charge in [-0.1, -0.05) is 13.0 Å². The van der Waals surface area contributed by atoms with Crippen molar-refractivity contribution in [3.8, 4) is 0 Å². The van der Waals surface area contributed by atoms with Crippen LogP contribution in [0.2, 0.25) is 0 Å². The molecule has 0 aliphatic carbocycles. The lowest BCUT2D eigenvalue weighted by Crippen LogP contribution is -2.49. The fourth-order valence-corrected chi connectivity index (χ4v) is 3.15. The average Bonchev–Trinajstić information content (AvgIpc) is 2.37. The third-order valence-electron chi connectivity index (χ3n) is 3.26. The molecule has 1 unspecified atom stereocenters. The van der Waals surface area contributed by atoms with Gasteiger partial charge in [0.25, 0.3) is 0 Å². The highest BCUT2D eigenvalue weighted by molar-refractivity contribution is 7.92. The van der Waals surface area contributed by atoms with Crippen LogP contribution in [-0.4, -0.2) is 35.2 Å². The molecule has 5 nitrogen and oxygen atoms in total. The van der Waals surface area contributed by atoms with Gasteiger partial charge in [-0.15, -0.1) is 0 Å². The molecule has 1 aromatic rings.